The zero-order valence-corrected chi connectivity index (χ0v) is 16.2. The summed E-state index contributed by atoms with van der Waals surface area (Å²) in [5, 5.41) is 9.89. The molecule has 6 heteroatoms. The van der Waals surface area contributed by atoms with Crippen molar-refractivity contribution in [3.8, 4) is 11.3 Å². The first kappa shape index (κ1) is 18.5. The van der Waals surface area contributed by atoms with Gasteiger partial charge in [-0.2, -0.15) is 0 Å². The Labute approximate surface area is 168 Å². The Morgan fingerprint density at radius 2 is 1.79 bits per heavy atom. The fraction of sp³-hybridized carbons (Fsp3) is 0.227. The fourth-order valence-corrected chi connectivity index (χ4v) is 4.08. The Bertz CT molecular complexity index is 973. The molecule has 1 aliphatic heterocycles. The lowest BCUT2D eigenvalue weighted by molar-refractivity contribution is 0.0697. The van der Waals surface area contributed by atoms with Crippen LogP contribution < -0.4 is 4.90 Å². The van der Waals surface area contributed by atoms with Crippen molar-refractivity contribution >= 4 is 23.5 Å². The first-order valence-corrected chi connectivity index (χ1v) is 10.3. The summed E-state index contributed by atoms with van der Waals surface area (Å²) in [6, 6.07) is 19.2. The molecule has 1 aliphatic rings. The maximum Gasteiger partial charge on any atom is 0.335 e. The third-order valence-corrected chi connectivity index (χ3v) is 5.65. The van der Waals surface area contributed by atoms with E-state index in [0.29, 0.717) is 16.5 Å². The Morgan fingerprint density at radius 1 is 1.00 bits per heavy atom. The van der Waals surface area contributed by atoms with Crippen molar-refractivity contribution < 1.29 is 9.90 Å². The Balaban J connectivity index is 1.61. The lowest BCUT2D eigenvalue weighted by atomic mass is 10.1. The molecule has 0 spiro atoms. The van der Waals surface area contributed by atoms with E-state index in [2.05, 4.69) is 23.1 Å². The molecule has 28 heavy (non-hydrogen) atoms. The van der Waals surface area contributed by atoms with Crippen LogP contribution in [0, 0.1) is 0 Å². The van der Waals surface area contributed by atoms with E-state index in [4.69, 9.17) is 9.97 Å². The summed E-state index contributed by atoms with van der Waals surface area (Å²) < 4.78 is 0. The predicted molar refractivity (Wildman–Crippen MR) is 112 cm³/mol. The summed E-state index contributed by atoms with van der Waals surface area (Å²) in [5.41, 5.74) is 3.23. The molecule has 142 valence electrons. The minimum Gasteiger partial charge on any atom is -0.478 e. The van der Waals surface area contributed by atoms with E-state index in [1.165, 1.54) is 24.6 Å². The molecular weight excluding hydrogens is 370 g/mol. The van der Waals surface area contributed by atoms with E-state index < -0.39 is 5.97 Å². The van der Waals surface area contributed by atoms with E-state index >= 15 is 0 Å². The number of hydrogen-bond acceptors (Lipinski definition) is 5. The summed E-state index contributed by atoms with van der Waals surface area (Å²) in [4.78, 5) is 23.0. The molecule has 0 aliphatic carbocycles. The molecule has 0 unspecified atom stereocenters. The van der Waals surface area contributed by atoms with E-state index in [0.717, 1.165) is 35.7 Å². The van der Waals surface area contributed by atoms with Gasteiger partial charge in [-0.1, -0.05) is 54.2 Å². The second kappa shape index (κ2) is 8.44. The number of rotatable bonds is 6. The summed E-state index contributed by atoms with van der Waals surface area (Å²) >= 11 is 1.53. The van der Waals surface area contributed by atoms with Crippen LogP contribution in [0.1, 0.15) is 28.8 Å². The van der Waals surface area contributed by atoms with Gasteiger partial charge < -0.3 is 10.0 Å². The van der Waals surface area contributed by atoms with Gasteiger partial charge in [-0.15, -0.1) is 0 Å². The van der Waals surface area contributed by atoms with Crippen molar-refractivity contribution in [2.24, 2.45) is 0 Å². The quantitative estimate of drug-likeness (QED) is 0.484. The molecule has 1 fully saturated rings. The van der Waals surface area contributed by atoms with Crippen LogP contribution in [-0.4, -0.2) is 34.1 Å². The summed E-state index contributed by atoms with van der Waals surface area (Å²) in [6.07, 6.45) is 2.38. The minimum absolute atomic E-state index is 0.301. The molecule has 0 amide bonds. The second-order valence-electron chi connectivity index (χ2n) is 6.75. The SMILES string of the molecule is O=C(O)c1cccc(CSc2nc(-c3ccccc3)cc(N3CCCC3)n2)c1. The van der Waals surface area contributed by atoms with Gasteiger partial charge >= 0.3 is 5.97 Å². The van der Waals surface area contributed by atoms with Gasteiger partial charge in [0.1, 0.15) is 5.82 Å². The normalized spacial score (nSPS) is 13.6. The molecule has 3 aromatic rings. The number of carbonyl (C=O) groups is 1. The van der Waals surface area contributed by atoms with E-state index in [1.807, 2.05) is 24.3 Å². The van der Waals surface area contributed by atoms with Crippen molar-refractivity contribution in [1.29, 1.82) is 0 Å². The Kier molecular flexibility index (Phi) is 5.58. The number of nitrogens with zero attached hydrogens (tertiary/aromatic N) is 3. The van der Waals surface area contributed by atoms with Crippen molar-refractivity contribution in [3.63, 3.8) is 0 Å². The van der Waals surface area contributed by atoms with E-state index in [-0.39, 0.29) is 0 Å². The summed E-state index contributed by atoms with van der Waals surface area (Å²) in [5.74, 6) is 0.678. The van der Waals surface area contributed by atoms with Crippen LogP contribution >= 0.6 is 11.8 Å². The third kappa shape index (κ3) is 4.34. The monoisotopic (exact) mass is 391 g/mol. The maximum absolute atomic E-state index is 11.2. The number of carboxylic acids is 1. The highest BCUT2D eigenvalue weighted by atomic mass is 32.2. The summed E-state index contributed by atoms with van der Waals surface area (Å²) in [7, 11) is 0. The molecular formula is C22H21N3O2S. The van der Waals surface area contributed by atoms with Crippen molar-refractivity contribution in [2.75, 3.05) is 18.0 Å². The highest BCUT2D eigenvalue weighted by Gasteiger charge is 2.17. The van der Waals surface area contributed by atoms with Crippen LogP contribution in [0.4, 0.5) is 5.82 Å². The Hall–Kier alpha value is -2.86. The van der Waals surface area contributed by atoms with Gasteiger partial charge in [0.2, 0.25) is 0 Å². The van der Waals surface area contributed by atoms with Gasteiger partial charge in [-0.05, 0) is 30.5 Å². The van der Waals surface area contributed by atoms with Gasteiger partial charge in [0.15, 0.2) is 5.16 Å². The number of carboxylic acid groups (broad SMARTS) is 1. The van der Waals surface area contributed by atoms with Gasteiger partial charge in [0.05, 0.1) is 11.3 Å². The van der Waals surface area contributed by atoms with Gasteiger partial charge in [-0.25, -0.2) is 14.8 Å². The van der Waals surface area contributed by atoms with Crippen molar-refractivity contribution in [2.45, 2.75) is 23.8 Å². The summed E-state index contributed by atoms with van der Waals surface area (Å²) in [6.45, 7) is 2.05. The highest BCUT2D eigenvalue weighted by Crippen LogP contribution is 2.29. The number of thioether (sulfide) groups is 1. The highest BCUT2D eigenvalue weighted by molar-refractivity contribution is 7.98. The molecule has 0 saturated carbocycles. The Morgan fingerprint density at radius 3 is 2.54 bits per heavy atom. The molecule has 0 radical (unpaired) electrons. The smallest absolute Gasteiger partial charge is 0.335 e. The molecule has 0 atom stereocenters. The molecule has 0 bridgehead atoms. The lowest BCUT2D eigenvalue weighted by Crippen LogP contribution is -2.19. The first-order chi connectivity index (χ1) is 13.7. The molecule has 1 aromatic heterocycles. The zero-order chi connectivity index (χ0) is 19.3. The average molecular weight is 391 g/mol. The number of hydrogen-bond donors (Lipinski definition) is 1. The molecule has 2 aromatic carbocycles. The molecule has 5 nitrogen and oxygen atoms in total. The molecule has 1 N–H and O–H groups in total. The van der Waals surface area contributed by atoms with Crippen LogP contribution in [0.3, 0.4) is 0 Å². The van der Waals surface area contributed by atoms with E-state index in [1.54, 1.807) is 18.2 Å². The second-order valence-corrected chi connectivity index (χ2v) is 7.69. The van der Waals surface area contributed by atoms with Crippen LogP contribution in [0.15, 0.2) is 65.8 Å². The third-order valence-electron chi connectivity index (χ3n) is 4.73. The standard InChI is InChI=1S/C22H21N3O2S/c26-21(27)18-10-6-7-16(13-18)15-28-22-23-19(17-8-2-1-3-9-17)14-20(24-22)25-11-4-5-12-25/h1-3,6-10,13-14H,4-5,11-12,15H2,(H,26,27). The van der Waals surface area contributed by atoms with Crippen LogP contribution in [0.2, 0.25) is 0 Å². The predicted octanol–water partition coefficient (Wildman–Crippen LogP) is 4.73. The van der Waals surface area contributed by atoms with Gasteiger partial charge in [0, 0.05) is 30.5 Å². The van der Waals surface area contributed by atoms with E-state index in [9.17, 15) is 9.90 Å². The number of aromatic nitrogens is 2. The largest absolute Gasteiger partial charge is 0.478 e. The molecule has 1 saturated heterocycles. The maximum atomic E-state index is 11.2. The minimum atomic E-state index is -0.912. The topological polar surface area (TPSA) is 66.3 Å². The van der Waals surface area contributed by atoms with Gasteiger partial charge in [0.25, 0.3) is 0 Å². The van der Waals surface area contributed by atoms with Crippen LogP contribution in [-0.2, 0) is 5.75 Å². The average Bonchev–Trinajstić information content (AvgIpc) is 3.28. The van der Waals surface area contributed by atoms with Crippen LogP contribution in [0.5, 0.6) is 0 Å². The fourth-order valence-electron chi connectivity index (χ4n) is 3.28. The lowest BCUT2D eigenvalue weighted by Gasteiger charge is -2.18. The van der Waals surface area contributed by atoms with Gasteiger partial charge in [-0.3, -0.25) is 0 Å². The first-order valence-electron chi connectivity index (χ1n) is 9.33. The number of anilines is 1. The number of aromatic carboxylic acids is 1. The van der Waals surface area contributed by atoms with Crippen molar-refractivity contribution in [3.05, 3.63) is 71.8 Å². The van der Waals surface area contributed by atoms with Crippen molar-refractivity contribution in [1.82, 2.24) is 9.97 Å². The molecule has 4 rings (SSSR count). The van der Waals surface area contributed by atoms with Crippen LogP contribution in [0.25, 0.3) is 11.3 Å². The molecule has 2 heterocycles. The zero-order valence-electron chi connectivity index (χ0n) is 15.4. The number of benzene rings is 2.